The summed E-state index contributed by atoms with van der Waals surface area (Å²) in [7, 11) is 0. The smallest absolute Gasteiger partial charge is 0.0114 e. The summed E-state index contributed by atoms with van der Waals surface area (Å²) in [6.07, 6.45) is 14.5. The van der Waals surface area contributed by atoms with Gasteiger partial charge < -0.3 is 0 Å². The highest BCUT2D eigenvalue weighted by Crippen LogP contribution is 2.11. The molecule has 0 aromatic heterocycles. The first-order valence-corrected chi connectivity index (χ1v) is 7.77. The average molecular weight is 236 g/mol. The first kappa shape index (κ1) is 16.6. The lowest BCUT2D eigenvalue weighted by Gasteiger charge is -2.04. The number of unbranched alkanes of at least 4 members (excludes halogenated alkanes) is 7. The summed E-state index contributed by atoms with van der Waals surface area (Å²) >= 11 is 0. The molecule has 0 rings (SSSR count). The van der Waals surface area contributed by atoms with Gasteiger partial charge in [-0.25, -0.2) is 0 Å². The van der Waals surface area contributed by atoms with E-state index >= 15 is 0 Å². The summed E-state index contributed by atoms with van der Waals surface area (Å²) in [4.78, 5) is 0. The molecule has 0 aliphatic rings. The van der Waals surface area contributed by atoms with Crippen LogP contribution in [0.1, 0.15) is 91.4 Å². The molecule has 0 fully saturated rings. The van der Waals surface area contributed by atoms with Crippen molar-refractivity contribution in [2.24, 2.45) is 5.92 Å². The van der Waals surface area contributed by atoms with E-state index in [1.807, 2.05) is 0 Å². The van der Waals surface area contributed by atoms with Gasteiger partial charge in [-0.3, -0.25) is 0 Å². The van der Waals surface area contributed by atoms with Crippen LogP contribution in [0.3, 0.4) is 0 Å². The van der Waals surface area contributed by atoms with Gasteiger partial charge in [-0.05, 0) is 18.8 Å². The van der Waals surface area contributed by atoms with Gasteiger partial charge in [0.1, 0.15) is 0 Å². The maximum absolute atomic E-state index is 3.35. The second kappa shape index (κ2) is 13.6. The van der Waals surface area contributed by atoms with E-state index in [9.17, 15) is 0 Å². The van der Waals surface area contributed by atoms with E-state index in [2.05, 4.69) is 32.6 Å². The molecule has 0 aromatic rings. The predicted molar refractivity (Wildman–Crippen MR) is 79.1 cm³/mol. The van der Waals surface area contributed by atoms with Crippen molar-refractivity contribution in [1.29, 1.82) is 0 Å². The van der Waals surface area contributed by atoms with Crippen LogP contribution in [-0.4, -0.2) is 0 Å². The minimum Gasteiger partial charge on any atom is -0.103 e. The van der Waals surface area contributed by atoms with E-state index < -0.39 is 0 Å². The second-order valence-electron chi connectivity index (χ2n) is 5.32. The van der Waals surface area contributed by atoms with Gasteiger partial charge in [0.05, 0.1) is 0 Å². The molecule has 1 unspecified atom stereocenters. The summed E-state index contributed by atoms with van der Waals surface area (Å²) in [5.74, 6) is 7.48. The van der Waals surface area contributed by atoms with Gasteiger partial charge >= 0.3 is 0 Å². The van der Waals surface area contributed by atoms with Crippen LogP contribution >= 0.6 is 0 Å². The van der Waals surface area contributed by atoms with Gasteiger partial charge in [0.2, 0.25) is 0 Å². The van der Waals surface area contributed by atoms with Crippen molar-refractivity contribution in [1.82, 2.24) is 0 Å². The van der Waals surface area contributed by atoms with Crippen molar-refractivity contribution in [2.45, 2.75) is 91.4 Å². The third-order valence-electron chi connectivity index (χ3n) is 3.28. The first-order valence-electron chi connectivity index (χ1n) is 7.77. The molecule has 0 saturated carbocycles. The standard InChI is InChI=1S/C17H32/c1-4-6-8-9-10-11-12-13-14-16-17(3)15-7-5-2/h17H,4-12,15-16H2,1-3H3. The van der Waals surface area contributed by atoms with Gasteiger partial charge in [-0.1, -0.05) is 65.7 Å². The Morgan fingerprint density at radius 1 is 0.765 bits per heavy atom. The predicted octanol–water partition coefficient (Wildman–Crippen LogP) is 5.96. The van der Waals surface area contributed by atoms with Gasteiger partial charge in [-0.15, -0.1) is 11.8 Å². The van der Waals surface area contributed by atoms with Crippen LogP contribution in [0.25, 0.3) is 0 Å². The Kier molecular flexibility index (Phi) is 13.3. The summed E-state index contributed by atoms with van der Waals surface area (Å²) in [5, 5.41) is 0. The molecule has 0 aromatic carbocycles. The lowest BCUT2D eigenvalue weighted by molar-refractivity contribution is 0.518. The summed E-state index contributed by atoms with van der Waals surface area (Å²) < 4.78 is 0. The van der Waals surface area contributed by atoms with Crippen LogP contribution in [0.15, 0.2) is 0 Å². The fourth-order valence-electron chi connectivity index (χ4n) is 1.98. The fourth-order valence-corrected chi connectivity index (χ4v) is 1.98. The van der Waals surface area contributed by atoms with Crippen molar-refractivity contribution in [3.63, 3.8) is 0 Å². The van der Waals surface area contributed by atoms with E-state index in [-0.39, 0.29) is 0 Å². The molecule has 0 amide bonds. The summed E-state index contributed by atoms with van der Waals surface area (Å²) in [5.41, 5.74) is 0. The molecule has 100 valence electrons. The normalized spacial score (nSPS) is 11.9. The van der Waals surface area contributed by atoms with E-state index in [1.54, 1.807) is 0 Å². The quantitative estimate of drug-likeness (QED) is 0.324. The van der Waals surface area contributed by atoms with Crippen LogP contribution in [0.5, 0.6) is 0 Å². The Bertz CT molecular complexity index is 194. The summed E-state index contributed by atoms with van der Waals surface area (Å²) in [6.45, 7) is 6.86. The number of hydrogen-bond donors (Lipinski definition) is 0. The van der Waals surface area contributed by atoms with Crippen LogP contribution in [0, 0.1) is 17.8 Å². The molecule has 1 atom stereocenters. The Hall–Kier alpha value is -0.440. The van der Waals surface area contributed by atoms with Crippen molar-refractivity contribution < 1.29 is 0 Å². The van der Waals surface area contributed by atoms with E-state index in [4.69, 9.17) is 0 Å². The molecule has 0 nitrogen and oxygen atoms in total. The monoisotopic (exact) mass is 236 g/mol. The van der Waals surface area contributed by atoms with Crippen molar-refractivity contribution in [3.8, 4) is 11.8 Å². The number of hydrogen-bond acceptors (Lipinski definition) is 0. The third-order valence-corrected chi connectivity index (χ3v) is 3.28. The van der Waals surface area contributed by atoms with Gasteiger partial charge in [0, 0.05) is 12.8 Å². The minimum atomic E-state index is 0.798. The molecular formula is C17H32. The Morgan fingerprint density at radius 2 is 1.41 bits per heavy atom. The largest absolute Gasteiger partial charge is 0.103 e. The first-order chi connectivity index (χ1) is 8.31. The van der Waals surface area contributed by atoms with Crippen LogP contribution in [-0.2, 0) is 0 Å². The van der Waals surface area contributed by atoms with Crippen LogP contribution in [0.4, 0.5) is 0 Å². The molecule has 17 heavy (non-hydrogen) atoms. The van der Waals surface area contributed by atoms with Gasteiger partial charge in [0.15, 0.2) is 0 Å². The highest BCUT2D eigenvalue weighted by molar-refractivity contribution is 4.99. The van der Waals surface area contributed by atoms with Crippen molar-refractivity contribution in [2.75, 3.05) is 0 Å². The number of rotatable bonds is 10. The van der Waals surface area contributed by atoms with Gasteiger partial charge in [-0.2, -0.15) is 0 Å². The van der Waals surface area contributed by atoms with E-state index in [1.165, 1.54) is 57.8 Å². The third kappa shape index (κ3) is 13.5. The Labute approximate surface area is 110 Å². The zero-order chi connectivity index (χ0) is 12.8. The SMILES string of the molecule is CCCCCCCCC#CCC(C)CCCC. The molecule has 0 heterocycles. The highest BCUT2D eigenvalue weighted by atomic mass is 14.0. The average Bonchev–Trinajstić information content (AvgIpc) is 2.34. The minimum absolute atomic E-state index is 0.798. The zero-order valence-electron chi connectivity index (χ0n) is 12.4. The maximum atomic E-state index is 3.35. The molecule has 0 aliphatic carbocycles. The molecule has 0 bridgehead atoms. The fraction of sp³-hybridized carbons (Fsp3) is 0.882. The molecule has 0 spiro atoms. The van der Waals surface area contributed by atoms with Crippen LogP contribution < -0.4 is 0 Å². The zero-order valence-corrected chi connectivity index (χ0v) is 12.4. The molecule has 0 radical (unpaired) electrons. The molecule has 0 N–H and O–H groups in total. The maximum Gasteiger partial charge on any atom is 0.0114 e. The molecule has 0 heteroatoms. The second-order valence-corrected chi connectivity index (χ2v) is 5.32. The van der Waals surface area contributed by atoms with E-state index in [0.29, 0.717) is 0 Å². The molecular weight excluding hydrogens is 204 g/mol. The summed E-state index contributed by atoms with van der Waals surface area (Å²) in [6, 6.07) is 0. The Morgan fingerprint density at radius 3 is 2.12 bits per heavy atom. The highest BCUT2D eigenvalue weighted by Gasteiger charge is 1.97. The van der Waals surface area contributed by atoms with Crippen molar-refractivity contribution >= 4 is 0 Å². The van der Waals surface area contributed by atoms with Crippen molar-refractivity contribution in [3.05, 3.63) is 0 Å². The topological polar surface area (TPSA) is 0 Å². The molecule has 0 saturated heterocycles. The Balaban J connectivity index is 3.24. The lowest BCUT2D eigenvalue weighted by atomic mass is 10.0. The van der Waals surface area contributed by atoms with Gasteiger partial charge in [0.25, 0.3) is 0 Å². The van der Waals surface area contributed by atoms with Crippen LogP contribution in [0.2, 0.25) is 0 Å². The lowest BCUT2D eigenvalue weighted by Crippen LogP contribution is -1.91. The molecule has 0 aliphatic heterocycles. The van der Waals surface area contributed by atoms with E-state index in [0.717, 1.165) is 18.8 Å².